The van der Waals surface area contributed by atoms with Crippen molar-refractivity contribution in [3.05, 3.63) is 23.5 Å². The van der Waals surface area contributed by atoms with Crippen molar-refractivity contribution < 1.29 is 14.6 Å². The van der Waals surface area contributed by atoms with Gasteiger partial charge in [-0.3, -0.25) is 9.88 Å². The average Bonchev–Trinajstić information content (AvgIpc) is 2.35. The van der Waals surface area contributed by atoms with Crippen LogP contribution in [0.25, 0.3) is 0 Å². The lowest BCUT2D eigenvalue weighted by molar-refractivity contribution is 0.0577. The summed E-state index contributed by atoms with van der Waals surface area (Å²) in [6, 6.07) is 3.60. The summed E-state index contributed by atoms with van der Waals surface area (Å²) in [6.45, 7) is 7.88. The van der Waals surface area contributed by atoms with Crippen LogP contribution in [0.3, 0.4) is 0 Å². The van der Waals surface area contributed by atoms with Crippen LogP contribution in [0.2, 0.25) is 0 Å². The molecule has 0 bridgehead atoms. The Kier molecular flexibility index (Phi) is 3.99. The maximum absolute atomic E-state index is 12.2. The Hall–Kier alpha value is -1.62. The first-order chi connectivity index (χ1) is 9.28. The molecule has 0 unspecified atom stereocenters. The summed E-state index contributed by atoms with van der Waals surface area (Å²) in [6.07, 6.45) is 0.722. The zero-order chi connectivity index (χ0) is 14.9. The highest BCUT2D eigenvalue weighted by molar-refractivity contribution is 5.89. The van der Waals surface area contributed by atoms with Gasteiger partial charge in [-0.1, -0.05) is 0 Å². The fourth-order valence-electron chi connectivity index (χ4n) is 2.21. The number of aliphatic hydroxyl groups excluding tert-OH is 1. The van der Waals surface area contributed by atoms with Crippen molar-refractivity contribution in [1.29, 1.82) is 0 Å². The first-order valence-electron chi connectivity index (χ1n) is 6.96. The third-order valence-electron chi connectivity index (χ3n) is 3.10. The van der Waals surface area contributed by atoms with Crippen molar-refractivity contribution in [3.63, 3.8) is 0 Å². The Labute approximate surface area is 119 Å². The fraction of sp³-hybridized carbons (Fsp3) is 0.600. The predicted molar refractivity (Wildman–Crippen MR) is 76.8 cm³/mol. The number of nitrogens with zero attached hydrogens (tertiary/aromatic N) is 2. The van der Waals surface area contributed by atoms with E-state index in [9.17, 15) is 9.90 Å². The molecule has 0 saturated carbocycles. The molecule has 2 rings (SSSR count). The highest BCUT2D eigenvalue weighted by Gasteiger charge is 2.28. The topological polar surface area (TPSA) is 62.7 Å². The summed E-state index contributed by atoms with van der Waals surface area (Å²) < 4.78 is 5.42. The van der Waals surface area contributed by atoms with Gasteiger partial charge in [0.1, 0.15) is 5.60 Å². The number of carbonyl (C=O) groups excluding carboxylic acids is 1. The smallest absolute Gasteiger partial charge is 0.414 e. The number of aliphatic hydroxyl groups is 1. The van der Waals surface area contributed by atoms with Crippen LogP contribution in [-0.4, -0.2) is 28.3 Å². The van der Waals surface area contributed by atoms with E-state index < -0.39 is 11.7 Å². The second-order valence-corrected chi connectivity index (χ2v) is 6.11. The highest BCUT2D eigenvalue weighted by Crippen LogP contribution is 2.28. The molecule has 1 aromatic heterocycles. The minimum atomic E-state index is -0.600. The van der Waals surface area contributed by atoms with Crippen molar-refractivity contribution in [3.8, 4) is 0 Å². The molecule has 0 spiro atoms. The number of hydrogen-bond donors (Lipinski definition) is 1. The lowest BCUT2D eigenvalue weighted by Gasteiger charge is -2.31. The lowest BCUT2D eigenvalue weighted by atomic mass is 10.1. The molecule has 1 aliphatic heterocycles. The first-order valence-corrected chi connectivity index (χ1v) is 6.96. The third kappa shape index (κ3) is 3.28. The van der Waals surface area contributed by atoms with Gasteiger partial charge in [-0.2, -0.15) is 0 Å². The number of carbonyl (C=O) groups is 1. The van der Waals surface area contributed by atoms with Gasteiger partial charge in [0.25, 0.3) is 0 Å². The van der Waals surface area contributed by atoms with Crippen LogP contribution in [0, 0.1) is 0 Å². The van der Waals surface area contributed by atoms with Gasteiger partial charge in [-0.05, 0) is 52.7 Å². The van der Waals surface area contributed by atoms with Crippen molar-refractivity contribution >= 4 is 11.8 Å². The number of ether oxygens (including phenoxy) is 1. The first kappa shape index (κ1) is 14.8. The molecule has 20 heavy (non-hydrogen) atoms. The van der Waals surface area contributed by atoms with Gasteiger partial charge in [0.05, 0.1) is 23.2 Å². The van der Waals surface area contributed by atoms with E-state index in [4.69, 9.17) is 4.74 Å². The molecule has 110 valence electrons. The highest BCUT2D eigenvalue weighted by atomic mass is 16.6. The van der Waals surface area contributed by atoms with Gasteiger partial charge in [-0.25, -0.2) is 4.79 Å². The predicted octanol–water partition coefficient (Wildman–Crippen LogP) is 2.82. The van der Waals surface area contributed by atoms with Crippen LogP contribution in [0.4, 0.5) is 10.5 Å². The molecule has 1 aliphatic rings. The summed E-state index contributed by atoms with van der Waals surface area (Å²) >= 11 is 0. The largest absolute Gasteiger partial charge is 0.443 e. The van der Waals surface area contributed by atoms with E-state index in [-0.39, 0.29) is 6.09 Å². The summed E-state index contributed by atoms with van der Waals surface area (Å²) in [5.41, 5.74) is 1.76. The molecule has 2 heterocycles. The van der Waals surface area contributed by atoms with Crippen LogP contribution in [0.1, 0.15) is 51.6 Å². The van der Waals surface area contributed by atoms with Gasteiger partial charge >= 0.3 is 6.09 Å². The number of aromatic nitrogens is 1. The molecular weight excluding hydrogens is 256 g/mol. The Morgan fingerprint density at radius 1 is 1.45 bits per heavy atom. The molecule has 0 saturated heterocycles. The molecule has 0 aliphatic carbocycles. The molecule has 1 amide bonds. The Morgan fingerprint density at radius 2 is 2.15 bits per heavy atom. The number of fused-ring (bicyclic) bond motifs is 1. The van der Waals surface area contributed by atoms with Crippen LogP contribution in [-0.2, 0) is 11.2 Å². The number of hydrogen-bond acceptors (Lipinski definition) is 4. The summed E-state index contributed by atoms with van der Waals surface area (Å²) in [7, 11) is 0. The second-order valence-electron chi connectivity index (χ2n) is 6.11. The normalized spacial score (nSPS) is 16.6. The average molecular weight is 278 g/mol. The van der Waals surface area contributed by atoms with E-state index in [1.165, 1.54) is 0 Å². The monoisotopic (exact) mass is 278 g/mol. The molecule has 1 N–H and O–H groups in total. The maximum Gasteiger partial charge on any atom is 0.414 e. The zero-order valence-corrected chi connectivity index (χ0v) is 12.5. The molecular formula is C15H22N2O3. The van der Waals surface area contributed by atoms with Gasteiger partial charge in [0, 0.05) is 6.54 Å². The third-order valence-corrected chi connectivity index (χ3v) is 3.10. The maximum atomic E-state index is 12.2. The van der Waals surface area contributed by atoms with Crippen LogP contribution < -0.4 is 4.90 Å². The fourth-order valence-corrected chi connectivity index (χ4v) is 2.21. The number of rotatable bonds is 1. The van der Waals surface area contributed by atoms with Crippen LogP contribution >= 0.6 is 0 Å². The van der Waals surface area contributed by atoms with E-state index in [1.807, 2.05) is 26.8 Å². The van der Waals surface area contributed by atoms with E-state index >= 15 is 0 Å². The van der Waals surface area contributed by atoms with E-state index in [0.717, 1.165) is 24.2 Å². The lowest BCUT2D eigenvalue weighted by Crippen LogP contribution is -2.40. The van der Waals surface area contributed by atoms with Crippen molar-refractivity contribution in [2.24, 2.45) is 0 Å². The van der Waals surface area contributed by atoms with E-state index in [1.54, 1.807) is 17.9 Å². The van der Waals surface area contributed by atoms with Crippen molar-refractivity contribution in [2.75, 3.05) is 11.4 Å². The molecule has 5 nitrogen and oxygen atoms in total. The van der Waals surface area contributed by atoms with Gasteiger partial charge < -0.3 is 9.84 Å². The summed E-state index contributed by atoms with van der Waals surface area (Å²) in [4.78, 5) is 18.3. The number of amides is 1. The standard InChI is InChI=1S/C15H22N2O3/c1-10(18)11-7-8-13-12(16-11)6-5-9-17(13)14(19)20-15(2,3)4/h7-8,10,18H,5-6,9H2,1-4H3/t10-/m1/s1. The number of pyridine rings is 1. The van der Waals surface area contributed by atoms with Gasteiger partial charge in [0.15, 0.2) is 0 Å². The molecule has 0 aromatic carbocycles. The Morgan fingerprint density at radius 3 is 2.75 bits per heavy atom. The SMILES string of the molecule is C[C@@H](O)c1ccc2c(n1)CCCN2C(=O)OC(C)(C)C. The van der Waals surface area contributed by atoms with Crippen LogP contribution in [0.5, 0.6) is 0 Å². The van der Waals surface area contributed by atoms with Crippen LogP contribution in [0.15, 0.2) is 12.1 Å². The van der Waals surface area contributed by atoms with Gasteiger partial charge in [-0.15, -0.1) is 0 Å². The number of anilines is 1. The quantitative estimate of drug-likeness (QED) is 0.858. The summed E-state index contributed by atoms with van der Waals surface area (Å²) in [5, 5.41) is 9.59. The van der Waals surface area contributed by atoms with Gasteiger partial charge in [0.2, 0.25) is 0 Å². The minimum Gasteiger partial charge on any atom is -0.443 e. The minimum absolute atomic E-state index is 0.343. The van der Waals surface area contributed by atoms with Crippen molar-refractivity contribution in [1.82, 2.24) is 4.98 Å². The number of aryl methyl sites for hydroxylation is 1. The molecule has 0 radical (unpaired) electrons. The Balaban J connectivity index is 2.27. The molecule has 1 aromatic rings. The Bertz CT molecular complexity index is 506. The second kappa shape index (κ2) is 5.40. The molecule has 5 heteroatoms. The molecule has 1 atom stereocenters. The van der Waals surface area contributed by atoms with E-state index in [2.05, 4.69) is 4.98 Å². The van der Waals surface area contributed by atoms with E-state index in [0.29, 0.717) is 12.2 Å². The zero-order valence-electron chi connectivity index (χ0n) is 12.5. The molecule has 0 fully saturated rings. The summed E-state index contributed by atoms with van der Waals surface area (Å²) in [5.74, 6) is 0. The van der Waals surface area contributed by atoms with Crippen molar-refractivity contribution in [2.45, 2.75) is 52.2 Å².